The zero-order valence-electron chi connectivity index (χ0n) is 12.7. The molecule has 4 heteroatoms. The van der Waals surface area contributed by atoms with Crippen molar-refractivity contribution in [3.63, 3.8) is 0 Å². The van der Waals surface area contributed by atoms with Crippen LogP contribution in [-0.4, -0.2) is 5.91 Å². The molecule has 0 aromatic heterocycles. The molecule has 22 heavy (non-hydrogen) atoms. The van der Waals surface area contributed by atoms with Gasteiger partial charge in [-0.2, -0.15) is 0 Å². The second kappa shape index (κ2) is 7.66. The molecular formula is C18H19Cl2NO. The molecule has 0 saturated heterocycles. The van der Waals surface area contributed by atoms with Gasteiger partial charge in [0, 0.05) is 12.1 Å². The molecule has 1 amide bonds. The highest BCUT2D eigenvalue weighted by molar-refractivity contribution is 6.42. The average Bonchev–Trinajstić information content (AvgIpc) is 2.49. The van der Waals surface area contributed by atoms with Crippen LogP contribution in [0.4, 0.5) is 5.69 Å². The van der Waals surface area contributed by atoms with Crippen molar-refractivity contribution in [2.75, 3.05) is 5.32 Å². The lowest BCUT2D eigenvalue weighted by Crippen LogP contribution is -2.12. The molecule has 0 aliphatic heterocycles. The minimum atomic E-state index is -0.0358. The first kappa shape index (κ1) is 16.9. The number of benzene rings is 2. The van der Waals surface area contributed by atoms with Crippen molar-refractivity contribution in [1.29, 1.82) is 0 Å². The lowest BCUT2D eigenvalue weighted by Gasteiger charge is -2.08. The van der Waals surface area contributed by atoms with E-state index in [-0.39, 0.29) is 5.91 Å². The molecular weight excluding hydrogens is 317 g/mol. The Labute approximate surface area is 141 Å². The lowest BCUT2D eigenvalue weighted by atomic mass is 10.0. The van der Waals surface area contributed by atoms with E-state index >= 15 is 0 Å². The third-order valence-electron chi connectivity index (χ3n) is 3.49. The number of hydrogen-bond donors (Lipinski definition) is 1. The van der Waals surface area contributed by atoms with Crippen molar-refractivity contribution in [3.05, 3.63) is 63.6 Å². The smallest absolute Gasteiger partial charge is 0.224 e. The first-order valence-electron chi connectivity index (χ1n) is 7.29. The molecule has 2 aromatic carbocycles. The van der Waals surface area contributed by atoms with Crippen molar-refractivity contribution < 1.29 is 4.79 Å². The monoisotopic (exact) mass is 335 g/mol. The number of rotatable bonds is 5. The molecule has 0 spiro atoms. The van der Waals surface area contributed by atoms with Crippen molar-refractivity contribution in [3.8, 4) is 0 Å². The molecule has 0 saturated carbocycles. The van der Waals surface area contributed by atoms with E-state index < -0.39 is 0 Å². The summed E-state index contributed by atoms with van der Waals surface area (Å²) in [5, 5.41) is 3.74. The molecule has 0 fully saturated rings. The van der Waals surface area contributed by atoms with Crippen LogP contribution >= 0.6 is 23.2 Å². The number of carbonyl (C=O) groups is 1. The van der Waals surface area contributed by atoms with Gasteiger partial charge < -0.3 is 5.32 Å². The molecule has 1 N–H and O–H groups in total. The van der Waals surface area contributed by atoms with Gasteiger partial charge in [0.05, 0.1) is 10.0 Å². The Bertz CT molecular complexity index is 651. The summed E-state index contributed by atoms with van der Waals surface area (Å²) in [5.74, 6) is 0.485. The first-order chi connectivity index (χ1) is 10.5. The maximum atomic E-state index is 12.0. The maximum absolute atomic E-state index is 12.0. The largest absolute Gasteiger partial charge is 0.326 e. The molecule has 0 unspecified atom stereocenters. The van der Waals surface area contributed by atoms with E-state index in [0.717, 1.165) is 5.56 Å². The Morgan fingerprint density at radius 1 is 1.05 bits per heavy atom. The highest BCUT2D eigenvalue weighted by Gasteiger charge is 2.06. The third kappa shape index (κ3) is 4.75. The molecule has 0 heterocycles. The van der Waals surface area contributed by atoms with E-state index in [1.54, 1.807) is 18.2 Å². The van der Waals surface area contributed by atoms with Crippen LogP contribution in [0.3, 0.4) is 0 Å². The fourth-order valence-corrected chi connectivity index (χ4v) is 2.42. The van der Waals surface area contributed by atoms with Crippen molar-refractivity contribution in [1.82, 2.24) is 0 Å². The number of nitrogens with one attached hydrogen (secondary N) is 1. The Kier molecular flexibility index (Phi) is 5.87. The van der Waals surface area contributed by atoms with Crippen LogP contribution in [0.1, 0.15) is 37.3 Å². The number of amides is 1. The summed E-state index contributed by atoms with van der Waals surface area (Å²) in [6.07, 6.45) is 1.15. The molecule has 0 radical (unpaired) electrons. The highest BCUT2D eigenvalue weighted by Crippen LogP contribution is 2.25. The molecule has 2 aromatic rings. The van der Waals surface area contributed by atoms with Gasteiger partial charge in [-0.15, -0.1) is 0 Å². The molecule has 2 nitrogen and oxygen atoms in total. The van der Waals surface area contributed by atoms with Crippen molar-refractivity contribution in [2.24, 2.45) is 0 Å². The fraction of sp³-hybridized carbons (Fsp3) is 0.278. The molecule has 0 aliphatic rings. The molecule has 2 rings (SSSR count). The van der Waals surface area contributed by atoms with Gasteiger partial charge in [-0.05, 0) is 41.7 Å². The number of aryl methyl sites for hydroxylation is 1. The predicted octanol–water partition coefficient (Wildman–Crippen LogP) is 5.69. The van der Waals surface area contributed by atoms with Gasteiger partial charge in [0.15, 0.2) is 0 Å². The van der Waals surface area contributed by atoms with Gasteiger partial charge in [-0.3, -0.25) is 4.79 Å². The lowest BCUT2D eigenvalue weighted by molar-refractivity contribution is -0.116. The van der Waals surface area contributed by atoms with E-state index in [1.807, 2.05) is 0 Å². The normalized spacial score (nSPS) is 10.8. The summed E-state index contributed by atoms with van der Waals surface area (Å²) >= 11 is 11.8. The summed E-state index contributed by atoms with van der Waals surface area (Å²) in [6.45, 7) is 4.33. The predicted molar refractivity (Wildman–Crippen MR) is 93.9 cm³/mol. The molecule has 0 atom stereocenters. The number of halogens is 2. The Morgan fingerprint density at radius 2 is 1.73 bits per heavy atom. The standard InChI is InChI=1S/C18H19Cl2NO/c1-12(2)14-6-3-13(4-7-14)5-10-18(22)21-15-8-9-16(19)17(20)11-15/h3-4,6-9,11-12H,5,10H2,1-2H3,(H,21,22). The van der Waals surface area contributed by atoms with Gasteiger partial charge in [-0.25, -0.2) is 0 Å². The van der Waals surface area contributed by atoms with Crippen LogP contribution in [0.5, 0.6) is 0 Å². The molecule has 0 aliphatic carbocycles. The van der Waals surface area contributed by atoms with Crippen LogP contribution in [-0.2, 0) is 11.2 Å². The molecule has 116 valence electrons. The summed E-state index contributed by atoms with van der Waals surface area (Å²) in [6, 6.07) is 13.5. The van der Waals surface area contributed by atoms with Gasteiger partial charge in [-0.1, -0.05) is 61.3 Å². The van der Waals surface area contributed by atoms with Gasteiger partial charge in [0.25, 0.3) is 0 Å². The van der Waals surface area contributed by atoms with Gasteiger partial charge in [0.2, 0.25) is 5.91 Å². The zero-order valence-corrected chi connectivity index (χ0v) is 14.2. The second-order valence-corrected chi connectivity index (χ2v) is 6.39. The van der Waals surface area contributed by atoms with Crippen LogP contribution in [0.2, 0.25) is 10.0 Å². The van der Waals surface area contributed by atoms with E-state index in [9.17, 15) is 4.79 Å². The topological polar surface area (TPSA) is 29.1 Å². The number of carbonyl (C=O) groups excluding carboxylic acids is 1. The van der Waals surface area contributed by atoms with Crippen LogP contribution in [0.15, 0.2) is 42.5 Å². The van der Waals surface area contributed by atoms with Crippen molar-refractivity contribution >= 4 is 34.8 Å². The first-order valence-corrected chi connectivity index (χ1v) is 8.05. The Balaban J connectivity index is 1.88. The second-order valence-electron chi connectivity index (χ2n) is 5.57. The third-order valence-corrected chi connectivity index (χ3v) is 4.23. The van der Waals surface area contributed by atoms with Crippen LogP contribution in [0.25, 0.3) is 0 Å². The SMILES string of the molecule is CC(C)c1ccc(CCC(=O)Nc2ccc(Cl)c(Cl)c2)cc1. The van der Waals surface area contributed by atoms with E-state index in [1.165, 1.54) is 5.56 Å². The summed E-state index contributed by atoms with van der Waals surface area (Å²) < 4.78 is 0. The quantitative estimate of drug-likeness (QED) is 0.747. The summed E-state index contributed by atoms with van der Waals surface area (Å²) in [5.41, 5.74) is 3.13. The Hall–Kier alpha value is -1.51. The Morgan fingerprint density at radius 3 is 2.32 bits per heavy atom. The molecule has 0 bridgehead atoms. The van der Waals surface area contributed by atoms with Crippen LogP contribution in [0, 0.1) is 0 Å². The van der Waals surface area contributed by atoms with E-state index in [4.69, 9.17) is 23.2 Å². The van der Waals surface area contributed by atoms with Crippen molar-refractivity contribution in [2.45, 2.75) is 32.6 Å². The average molecular weight is 336 g/mol. The fourth-order valence-electron chi connectivity index (χ4n) is 2.12. The van der Waals surface area contributed by atoms with Gasteiger partial charge >= 0.3 is 0 Å². The van der Waals surface area contributed by atoms with Crippen LogP contribution < -0.4 is 5.32 Å². The number of anilines is 1. The maximum Gasteiger partial charge on any atom is 0.224 e. The highest BCUT2D eigenvalue weighted by atomic mass is 35.5. The summed E-state index contributed by atoms with van der Waals surface area (Å²) in [4.78, 5) is 12.0. The van der Waals surface area contributed by atoms with E-state index in [0.29, 0.717) is 34.5 Å². The minimum Gasteiger partial charge on any atom is -0.326 e. The summed E-state index contributed by atoms with van der Waals surface area (Å²) in [7, 11) is 0. The number of hydrogen-bond acceptors (Lipinski definition) is 1. The zero-order chi connectivity index (χ0) is 16.1. The minimum absolute atomic E-state index is 0.0358. The van der Waals surface area contributed by atoms with E-state index in [2.05, 4.69) is 43.4 Å². The van der Waals surface area contributed by atoms with Gasteiger partial charge in [0.1, 0.15) is 0 Å².